The van der Waals surface area contributed by atoms with Crippen LogP contribution < -0.4 is 0 Å². The number of rotatable bonds is 2. The summed E-state index contributed by atoms with van der Waals surface area (Å²) in [7, 11) is 0. The van der Waals surface area contributed by atoms with Gasteiger partial charge in [-0.05, 0) is 39.2 Å². The number of aliphatic carboxylic acids is 1. The van der Waals surface area contributed by atoms with Crippen LogP contribution in [0.15, 0.2) is 30.3 Å². The number of carbonyl (C=O) groups excluding carboxylic acids is 1. The molecule has 1 aromatic rings. The lowest BCUT2D eigenvalue weighted by Crippen LogP contribution is -2.47. The molecule has 1 saturated heterocycles. The molecule has 0 aliphatic carbocycles. The predicted molar refractivity (Wildman–Crippen MR) is 82.5 cm³/mol. The molecule has 1 heterocycles. The van der Waals surface area contributed by atoms with Gasteiger partial charge >= 0.3 is 12.1 Å². The topological polar surface area (TPSA) is 66.8 Å². The Kier molecular flexibility index (Phi) is 4.74. The summed E-state index contributed by atoms with van der Waals surface area (Å²) in [6.07, 6.45) is 0.778. The minimum absolute atomic E-state index is 0.452. The maximum atomic E-state index is 12.5. The van der Waals surface area contributed by atoms with Crippen LogP contribution in [-0.4, -0.2) is 34.2 Å². The first-order chi connectivity index (χ1) is 10.3. The second-order valence-electron chi connectivity index (χ2n) is 6.62. The van der Waals surface area contributed by atoms with Gasteiger partial charge < -0.3 is 14.7 Å². The summed E-state index contributed by atoms with van der Waals surface area (Å²) in [5.74, 6) is -1.48. The number of nitrogens with zero attached hydrogens (tertiary/aromatic N) is 1. The van der Waals surface area contributed by atoms with E-state index in [0.717, 1.165) is 5.56 Å². The third kappa shape index (κ3) is 3.78. The molecule has 1 N–H and O–H groups in total. The van der Waals surface area contributed by atoms with Crippen LogP contribution in [0, 0.1) is 5.92 Å². The molecule has 2 rings (SSSR count). The number of benzene rings is 1. The smallest absolute Gasteiger partial charge is 0.410 e. The molecule has 2 atom stereocenters. The fraction of sp³-hybridized carbons (Fsp3) is 0.529. The van der Waals surface area contributed by atoms with Crippen molar-refractivity contribution in [3.63, 3.8) is 0 Å². The molecule has 1 aliphatic rings. The Morgan fingerprint density at radius 1 is 1.23 bits per heavy atom. The second kappa shape index (κ2) is 6.38. The van der Waals surface area contributed by atoms with Crippen LogP contribution in [0.25, 0.3) is 0 Å². The number of likely N-dealkylation sites (tertiary alicyclic amines) is 1. The Bertz CT molecular complexity index is 535. The van der Waals surface area contributed by atoms with E-state index in [0.29, 0.717) is 19.4 Å². The zero-order chi connectivity index (χ0) is 16.3. The summed E-state index contributed by atoms with van der Waals surface area (Å²) < 4.78 is 5.45. The van der Waals surface area contributed by atoms with Crippen LogP contribution in [0.3, 0.4) is 0 Å². The van der Waals surface area contributed by atoms with E-state index in [4.69, 9.17) is 4.74 Å². The monoisotopic (exact) mass is 305 g/mol. The van der Waals surface area contributed by atoms with Crippen molar-refractivity contribution in [2.45, 2.75) is 45.3 Å². The zero-order valence-corrected chi connectivity index (χ0v) is 13.3. The molecular formula is C17H23NO4. The zero-order valence-electron chi connectivity index (χ0n) is 13.3. The molecule has 0 radical (unpaired) electrons. The molecule has 5 heteroatoms. The maximum Gasteiger partial charge on any atom is 0.410 e. The lowest BCUT2D eigenvalue weighted by atomic mass is 9.85. The largest absolute Gasteiger partial charge is 0.481 e. The highest BCUT2D eigenvalue weighted by atomic mass is 16.6. The average Bonchev–Trinajstić information content (AvgIpc) is 2.45. The fourth-order valence-corrected chi connectivity index (χ4v) is 2.84. The van der Waals surface area contributed by atoms with Crippen molar-refractivity contribution in [1.29, 1.82) is 0 Å². The van der Waals surface area contributed by atoms with E-state index >= 15 is 0 Å². The Morgan fingerprint density at radius 2 is 1.86 bits per heavy atom. The van der Waals surface area contributed by atoms with Gasteiger partial charge in [0.25, 0.3) is 0 Å². The van der Waals surface area contributed by atoms with E-state index in [9.17, 15) is 14.7 Å². The number of piperidine rings is 1. The molecule has 120 valence electrons. The van der Waals surface area contributed by atoms with E-state index in [1.54, 1.807) is 25.7 Å². The Balaban J connectivity index is 2.33. The van der Waals surface area contributed by atoms with Crippen molar-refractivity contribution in [3.05, 3.63) is 35.9 Å². The fourth-order valence-electron chi connectivity index (χ4n) is 2.84. The summed E-state index contributed by atoms with van der Waals surface area (Å²) in [6, 6.07) is 8.83. The highest BCUT2D eigenvalue weighted by Gasteiger charge is 2.40. The van der Waals surface area contributed by atoms with Crippen molar-refractivity contribution in [2.24, 2.45) is 5.92 Å². The van der Waals surface area contributed by atoms with Gasteiger partial charge in [0.1, 0.15) is 5.60 Å². The maximum absolute atomic E-state index is 12.5. The Labute approximate surface area is 130 Å². The summed E-state index contributed by atoms with van der Waals surface area (Å²) in [5, 5.41) is 9.52. The summed E-state index contributed by atoms with van der Waals surface area (Å²) in [6.45, 7) is 5.93. The number of amides is 1. The molecule has 1 aliphatic heterocycles. The van der Waals surface area contributed by atoms with Gasteiger partial charge in [0.15, 0.2) is 0 Å². The van der Waals surface area contributed by atoms with Gasteiger partial charge in [-0.15, -0.1) is 0 Å². The average molecular weight is 305 g/mol. The van der Waals surface area contributed by atoms with Gasteiger partial charge in [0.05, 0.1) is 12.0 Å². The summed E-state index contributed by atoms with van der Waals surface area (Å²) >= 11 is 0. The summed E-state index contributed by atoms with van der Waals surface area (Å²) in [4.78, 5) is 25.6. The third-order valence-corrected chi connectivity index (χ3v) is 3.72. The molecule has 5 nitrogen and oxygen atoms in total. The van der Waals surface area contributed by atoms with E-state index in [-0.39, 0.29) is 0 Å². The molecule has 0 aromatic heterocycles. The molecule has 0 unspecified atom stereocenters. The summed E-state index contributed by atoms with van der Waals surface area (Å²) in [5.41, 5.74) is 0.231. The van der Waals surface area contributed by atoms with E-state index in [1.165, 1.54) is 0 Å². The van der Waals surface area contributed by atoms with Gasteiger partial charge in [-0.2, -0.15) is 0 Å². The first-order valence-electron chi connectivity index (χ1n) is 7.57. The standard InChI is InChI=1S/C17H23NO4/c1-17(2,3)22-16(21)18-11-7-10-13(15(19)20)14(18)12-8-5-4-6-9-12/h4-6,8-9,13-14H,7,10-11H2,1-3H3,(H,19,20)/t13-,14+/m0/s1. The normalized spacial score (nSPS) is 22.2. The van der Waals surface area contributed by atoms with Crippen LogP contribution >= 0.6 is 0 Å². The molecule has 1 amide bonds. The quantitative estimate of drug-likeness (QED) is 0.908. The number of ether oxygens (including phenoxy) is 1. The van der Waals surface area contributed by atoms with Crippen molar-refractivity contribution < 1.29 is 19.4 Å². The highest BCUT2D eigenvalue weighted by molar-refractivity contribution is 5.75. The van der Waals surface area contributed by atoms with Crippen LogP contribution in [0.5, 0.6) is 0 Å². The van der Waals surface area contributed by atoms with Gasteiger partial charge in [-0.25, -0.2) is 4.79 Å². The Morgan fingerprint density at radius 3 is 2.41 bits per heavy atom. The van der Waals surface area contributed by atoms with Crippen LogP contribution in [0.2, 0.25) is 0 Å². The number of carbonyl (C=O) groups is 2. The van der Waals surface area contributed by atoms with Crippen molar-refractivity contribution in [2.75, 3.05) is 6.54 Å². The minimum atomic E-state index is -0.873. The first-order valence-corrected chi connectivity index (χ1v) is 7.57. The number of carboxylic acid groups (broad SMARTS) is 1. The number of hydrogen-bond acceptors (Lipinski definition) is 3. The van der Waals surface area contributed by atoms with Gasteiger partial charge in [-0.3, -0.25) is 4.79 Å². The van der Waals surface area contributed by atoms with Gasteiger partial charge in [0.2, 0.25) is 0 Å². The molecule has 22 heavy (non-hydrogen) atoms. The minimum Gasteiger partial charge on any atom is -0.481 e. The SMILES string of the molecule is CC(C)(C)OC(=O)N1CCC[C@H](C(=O)O)[C@H]1c1ccccc1. The molecule has 1 aromatic carbocycles. The van der Waals surface area contributed by atoms with E-state index in [1.807, 2.05) is 30.3 Å². The highest BCUT2D eigenvalue weighted by Crippen LogP contribution is 2.37. The third-order valence-electron chi connectivity index (χ3n) is 3.72. The lowest BCUT2D eigenvalue weighted by molar-refractivity contribution is -0.145. The van der Waals surface area contributed by atoms with Crippen molar-refractivity contribution in [3.8, 4) is 0 Å². The van der Waals surface area contributed by atoms with Crippen LogP contribution in [0.4, 0.5) is 4.79 Å². The molecule has 0 spiro atoms. The van der Waals surface area contributed by atoms with Crippen LogP contribution in [-0.2, 0) is 9.53 Å². The second-order valence-corrected chi connectivity index (χ2v) is 6.62. The molecule has 0 saturated carbocycles. The first kappa shape index (κ1) is 16.3. The number of hydrogen-bond donors (Lipinski definition) is 1. The van der Waals surface area contributed by atoms with Crippen LogP contribution in [0.1, 0.15) is 45.2 Å². The molecule has 1 fully saturated rings. The van der Waals surface area contributed by atoms with Gasteiger partial charge in [-0.1, -0.05) is 30.3 Å². The van der Waals surface area contributed by atoms with E-state index in [2.05, 4.69) is 0 Å². The lowest BCUT2D eigenvalue weighted by Gasteiger charge is -2.40. The van der Waals surface area contributed by atoms with Gasteiger partial charge in [0, 0.05) is 6.54 Å². The van der Waals surface area contributed by atoms with Crippen molar-refractivity contribution >= 4 is 12.1 Å². The van der Waals surface area contributed by atoms with E-state index < -0.39 is 29.6 Å². The molecular weight excluding hydrogens is 282 g/mol. The Hall–Kier alpha value is -2.04. The molecule has 0 bridgehead atoms. The number of carboxylic acids is 1. The van der Waals surface area contributed by atoms with Crippen molar-refractivity contribution in [1.82, 2.24) is 4.90 Å². The predicted octanol–water partition coefficient (Wildman–Crippen LogP) is 3.46.